The standard InChI is InChI=1S/C20H18F3N3O3/c21-20(22,23)13-3-1-12(2-4-13)18-24-17-7-8-26(10-16(17)19(28)25-18)9-14-5-6-15(11-27)29-14/h1-6,27H,7-11H2,(H,24,25,28). The normalized spacial score (nSPS) is 14.8. The third-order valence-electron chi connectivity index (χ3n) is 4.89. The second-order valence-electron chi connectivity index (χ2n) is 6.90. The Labute approximate surface area is 163 Å². The maximum atomic E-state index is 12.7. The molecule has 152 valence electrons. The Kier molecular flexibility index (Phi) is 5.01. The topological polar surface area (TPSA) is 82.4 Å². The van der Waals surface area contributed by atoms with Crippen molar-refractivity contribution in [2.45, 2.75) is 32.3 Å². The number of fused-ring (bicyclic) bond motifs is 1. The van der Waals surface area contributed by atoms with E-state index in [4.69, 9.17) is 9.52 Å². The summed E-state index contributed by atoms with van der Waals surface area (Å²) < 4.78 is 43.7. The van der Waals surface area contributed by atoms with E-state index in [0.29, 0.717) is 54.4 Å². The molecule has 9 heteroatoms. The lowest BCUT2D eigenvalue weighted by Gasteiger charge is -2.26. The van der Waals surface area contributed by atoms with Crippen molar-refractivity contribution >= 4 is 0 Å². The first kappa shape index (κ1) is 19.4. The second kappa shape index (κ2) is 7.49. The van der Waals surface area contributed by atoms with E-state index < -0.39 is 11.7 Å². The molecule has 0 radical (unpaired) electrons. The fourth-order valence-electron chi connectivity index (χ4n) is 3.38. The van der Waals surface area contributed by atoms with Crippen LogP contribution in [0.3, 0.4) is 0 Å². The molecule has 0 saturated carbocycles. The van der Waals surface area contributed by atoms with Crippen LogP contribution in [-0.4, -0.2) is 26.5 Å². The first-order valence-corrected chi connectivity index (χ1v) is 9.04. The van der Waals surface area contributed by atoms with Gasteiger partial charge >= 0.3 is 6.18 Å². The van der Waals surface area contributed by atoms with E-state index in [1.54, 1.807) is 12.1 Å². The van der Waals surface area contributed by atoms with E-state index in [1.807, 2.05) is 4.90 Å². The van der Waals surface area contributed by atoms with Gasteiger partial charge in [-0.3, -0.25) is 9.69 Å². The summed E-state index contributed by atoms with van der Waals surface area (Å²) in [5, 5.41) is 9.08. The average Bonchev–Trinajstić information content (AvgIpc) is 3.15. The molecule has 0 spiro atoms. The number of hydrogen-bond acceptors (Lipinski definition) is 5. The summed E-state index contributed by atoms with van der Waals surface area (Å²) in [7, 11) is 0. The summed E-state index contributed by atoms with van der Waals surface area (Å²) in [5.41, 5.74) is 0.563. The number of alkyl halides is 3. The summed E-state index contributed by atoms with van der Waals surface area (Å²) in [5.74, 6) is 1.44. The van der Waals surface area contributed by atoms with Crippen LogP contribution in [0, 0.1) is 0 Å². The number of nitrogens with zero attached hydrogens (tertiary/aromatic N) is 2. The molecule has 0 fully saturated rings. The van der Waals surface area contributed by atoms with Crippen molar-refractivity contribution in [3.8, 4) is 11.4 Å². The maximum absolute atomic E-state index is 12.7. The number of hydrogen-bond donors (Lipinski definition) is 2. The van der Waals surface area contributed by atoms with Crippen molar-refractivity contribution < 1.29 is 22.7 Å². The van der Waals surface area contributed by atoms with Crippen LogP contribution in [0.15, 0.2) is 45.6 Å². The minimum Gasteiger partial charge on any atom is -0.462 e. The number of furan rings is 1. The molecule has 2 aromatic heterocycles. The molecule has 1 aliphatic heterocycles. The number of rotatable bonds is 4. The van der Waals surface area contributed by atoms with Gasteiger partial charge in [-0.1, -0.05) is 12.1 Å². The first-order valence-electron chi connectivity index (χ1n) is 9.04. The van der Waals surface area contributed by atoms with Crippen LogP contribution in [-0.2, 0) is 32.3 Å². The van der Waals surface area contributed by atoms with Gasteiger partial charge < -0.3 is 14.5 Å². The minimum atomic E-state index is -4.41. The Hall–Kier alpha value is -2.91. The van der Waals surface area contributed by atoms with Gasteiger partial charge in [-0.25, -0.2) is 4.98 Å². The van der Waals surface area contributed by atoms with Crippen molar-refractivity contribution in [2.75, 3.05) is 6.54 Å². The number of aliphatic hydroxyl groups excluding tert-OH is 1. The van der Waals surface area contributed by atoms with Crippen LogP contribution in [0.4, 0.5) is 13.2 Å². The van der Waals surface area contributed by atoms with Gasteiger partial charge in [0.1, 0.15) is 24.0 Å². The summed E-state index contributed by atoms with van der Waals surface area (Å²) in [4.78, 5) is 21.8. The third-order valence-corrected chi connectivity index (χ3v) is 4.89. The molecular weight excluding hydrogens is 387 g/mol. The molecular formula is C20H18F3N3O3. The molecule has 29 heavy (non-hydrogen) atoms. The number of aromatic amines is 1. The number of H-pyrrole nitrogens is 1. The van der Waals surface area contributed by atoms with Crippen molar-refractivity contribution in [1.29, 1.82) is 0 Å². The van der Waals surface area contributed by atoms with E-state index in [-0.39, 0.29) is 18.0 Å². The van der Waals surface area contributed by atoms with Gasteiger partial charge in [-0.15, -0.1) is 0 Å². The highest BCUT2D eigenvalue weighted by Crippen LogP contribution is 2.30. The van der Waals surface area contributed by atoms with Crippen LogP contribution in [0.25, 0.3) is 11.4 Å². The van der Waals surface area contributed by atoms with Crippen LogP contribution in [0.2, 0.25) is 0 Å². The molecule has 0 unspecified atom stereocenters. The van der Waals surface area contributed by atoms with E-state index in [1.165, 1.54) is 12.1 Å². The molecule has 1 aliphatic rings. The minimum absolute atomic E-state index is 0.168. The van der Waals surface area contributed by atoms with Gasteiger partial charge in [0.2, 0.25) is 0 Å². The molecule has 0 bridgehead atoms. The molecule has 3 heterocycles. The van der Waals surface area contributed by atoms with Gasteiger partial charge in [0.15, 0.2) is 0 Å². The van der Waals surface area contributed by atoms with E-state index in [2.05, 4.69) is 9.97 Å². The summed E-state index contributed by atoms with van der Waals surface area (Å²) >= 11 is 0. The number of aromatic nitrogens is 2. The number of benzene rings is 1. The summed E-state index contributed by atoms with van der Waals surface area (Å²) in [6.45, 7) is 1.38. The molecule has 1 aromatic carbocycles. The molecule has 0 saturated heterocycles. The first-order chi connectivity index (χ1) is 13.8. The number of aliphatic hydroxyl groups is 1. The van der Waals surface area contributed by atoms with E-state index >= 15 is 0 Å². The van der Waals surface area contributed by atoms with Crippen molar-refractivity contribution in [1.82, 2.24) is 14.9 Å². The van der Waals surface area contributed by atoms with Crippen LogP contribution in [0.1, 0.15) is 28.3 Å². The molecule has 0 amide bonds. The average molecular weight is 405 g/mol. The molecule has 3 aromatic rings. The highest BCUT2D eigenvalue weighted by molar-refractivity contribution is 5.56. The quantitative estimate of drug-likeness (QED) is 0.697. The van der Waals surface area contributed by atoms with Gasteiger partial charge in [0.25, 0.3) is 5.56 Å². The van der Waals surface area contributed by atoms with Gasteiger partial charge in [0, 0.05) is 25.1 Å². The fourth-order valence-corrected chi connectivity index (χ4v) is 3.38. The highest BCUT2D eigenvalue weighted by atomic mass is 19.4. The molecule has 4 rings (SSSR count). The van der Waals surface area contributed by atoms with Crippen LogP contribution in [0.5, 0.6) is 0 Å². The smallest absolute Gasteiger partial charge is 0.416 e. The highest BCUT2D eigenvalue weighted by Gasteiger charge is 2.30. The van der Waals surface area contributed by atoms with Gasteiger partial charge in [-0.2, -0.15) is 13.2 Å². The summed E-state index contributed by atoms with van der Waals surface area (Å²) in [6.07, 6.45) is -3.87. The van der Waals surface area contributed by atoms with E-state index in [0.717, 1.165) is 12.1 Å². The third kappa shape index (κ3) is 4.10. The summed E-state index contributed by atoms with van der Waals surface area (Å²) in [6, 6.07) is 8.05. The van der Waals surface area contributed by atoms with E-state index in [9.17, 15) is 18.0 Å². The van der Waals surface area contributed by atoms with Crippen molar-refractivity contribution in [3.05, 3.63) is 75.1 Å². The predicted octanol–water partition coefficient (Wildman–Crippen LogP) is 3.10. The van der Waals surface area contributed by atoms with Crippen molar-refractivity contribution in [2.24, 2.45) is 0 Å². The molecule has 2 N–H and O–H groups in total. The van der Waals surface area contributed by atoms with Crippen LogP contribution >= 0.6 is 0 Å². The lowest BCUT2D eigenvalue weighted by molar-refractivity contribution is -0.137. The predicted molar refractivity (Wildman–Crippen MR) is 97.7 cm³/mol. The Balaban J connectivity index is 1.54. The van der Waals surface area contributed by atoms with Crippen LogP contribution < -0.4 is 5.56 Å². The lowest BCUT2D eigenvalue weighted by Crippen LogP contribution is -2.35. The SMILES string of the molecule is O=c1[nH]c(-c2ccc(C(F)(F)F)cc2)nc2c1CN(Cc1ccc(CO)o1)CC2. The maximum Gasteiger partial charge on any atom is 0.416 e. The monoisotopic (exact) mass is 405 g/mol. The fraction of sp³-hybridized carbons (Fsp3) is 0.300. The number of halogens is 3. The Morgan fingerprint density at radius 3 is 2.52 bits per heavy atom. The molecule has 0 aliphatic carbocycles. The lowest BCUT2D eigenvalue weighted by atomic mass is 10.1. The largest absolute Gasteiger partial charge is 0.462 e. The zero-order chi connectivity index (χ0) is 20.6. The zero-order valence-electron chi connectivity index (χ0n) is 15.3. The Morgan fingerprint density at radius 2 is 1.86 bits per heavy atom. The zero-order valence-corrected chi connectivity index (χ0v) is 15.3. The number of nitrogens with one attached hydrogen (secondary N) is 1. The Morgan fingerprint density at radius 1 is 1.14 bits per heavy atom. The molecule has 0 atom stereocenters. The van der Waals surface area contributed by atoms with Gasteiger partial charge in [0.05, 0.1) is 23.4 Å². The molecule has 6 nitrogen and oxygen atoms in total. The van der Waals surface area contributed by atoms with Gasteiger partial charge in [-0.05, 0) is 24.3 Å². The van der Waals surface area contributed by atoms with Crippen molar-refractivity contribution in [3.63, 3.8) is 0 Å². The Bertz CT molecular complexity index is 1070. The second-order valence-corrected chi connectivity index (χ2v) is 6.90.